The Morgan fingerprint density at radius 1 is 1.03 bits per heavy atom. The quantitative estimate of drug-likeness (QED) is 0.406. The molecule has 0 radical (unpaired) electrons. The van der Waals surface area contributed by atoms with Crippen molar-refractivity contribution in [3.8, 4) is 28.5 Å². The van der Waals surface area contributed by atoms with Gasteiger partial charge in [0.1, 0.15) is 17.3 Å². The largest absolute Gasteiger partial charge is 0.494 e. The minimum atomic E-state index is 0.637. The van der Waals surface area contributed by atoms with Crippen molar-refractivity contribution < 1.29 is 9.15 Å². The summed E-state index contributed by atoms with van der Waals surface area (Å²) in [5, 5.41) is 0. The van der Waals surface area contributed by atoms with Crippen LogP contribution in [0, 0.1) is 5.92 Å². The summed E-state index contributed by atoms with van der Waals surface area (Å²) in [6, 6.07) is 13.6. The number of H-pyrrole nitrogens is 1. The van der Waals surface area contributed by atoms with Crippen molar-refractivity contribution in [2.45, 2.75) is 41.5 Å². The van der Waals surface area contributed by atoms with E-state index in [1.54, 1.807) is 12.5 Å². The Hall–Kier alpha value is -3.08. The van der Waals surface area contributed by atoms with Crippen LogP contribution in [0.1, 0.15) is 41.5 Å². The van der Waals surface area contributed by atoms with Crippen molar-refractivity contribution in [1.82, 2.24) is 15.0 Å². The van der Waals surface area contributed by atoms with E-state index >= 15 is 0 Å². The van der Waals surface area contributed by atoms with Crippen LogP contribution in [-0.4, -0.2) is 21.6 Å². The Kier molecular flexibility index (Phi) is 8.46. The fourth-order valence-electron chi connectivity index (χ4n) is 2.51. The fourth-order valence-corrected chi connectivity index (χ4v) is 2.51. The number of hydrogen-bond donors (Lipinski definition) is 1. The van der Waals surface area contributed by atoms with Crippen LogP contribution in [0.2, 0.25) is 0 Å². The van der Waals surface area contributed by atoms with E-state index in [1.165, 1.54) is 0 Å². The smallest absolute Gasteiger partial charge is 0.178 e. The molecule has 0 saturated heterocycles. The molecular formula is C24H31N3O2. The van der Waals surface area contributed by atoms with E-state index in [4.69, 9.17) is 9.15 Å². The molecule has 1 aromatic carbocycles. The van der Waals surface area contributed by atoms with E-state index in [0.717, 1.165) is 39.9 Å². The third-order valence-corrected chi connectivity index (χ3v) is 3.56. The summed E-state index contributed by atoms with van der Waals surface area (Å²) in [7, 11) is 0. The molecule has 154 valence electrons. The standard InChI is InChI=1S/C18H15N3O2.C4H10.C2H6/c1-2-22-14-6-3-5-12(9-14)17-20-15-10-13(11-19-18(15)21-17)16-7-4-8-23-16;1-4(2)3;1-2/h3-11H,2H2,1H3,(H,19,20,21);4H,1-3H3;1-2H3. The lowest BCUT2D eigenvalue weighted by Crippen LogP contribution is -1.91. The number of nitrogens with one attached hydrogen (secondary N) is 1. The first-order valence-corrected chi connectivity index (χ1v) is 10.2. The molecule has 0 aliphatic heterocycles. The van der Waals surface area contributed by atoms with E-state index in [0.29, 0.717) is 12.3 Å². The fraction of sp³-hybridized carbons (Fsp3) is 0.333. The van der Waals surface area contributed by atoms with Gasteiger partial charge in [-0.25, -0.2) is 9.97 Å². The van der Waals surface area contributed by atoms with Gasteiger partial charge < -0.3 is 14.1 Å². The number of nitrogens with zero attached hydrogens (tertiary/aromatic N) is 2. The van der Waals surface area contributed by atoms with Crippen molar-refractivity contribution in [3.05, 3.63) is 54.9 Å². The first-order valence-electron chi connectivity index (χ1n) is 10.2. The molecule has 0 aliphatic rings. The lowest BCUT2D eigenvalue weighted by Gasteiger charge is -2.03. The number of pyridine rings is 1. The molecule has 4 aromatic rings. The van der Waals surface area contributed by atoms with Gasteiger partial charge in [0.2, 0.25) is 0 Å². The Labute approximate surface area is 173 Å². The molecule has 0 aliphatic carbocycles. The second-order valence-corrected chi connectivity index (χ2v) is 6.85. The molecule has 4 rings (SSSR count). The number of hydrogen-bond acceptors (Lipinski definition) is 4. The highest BCUT2D eigenvalue weighted by molar-refractivity contribution is 5.80. The molecule has 3 aromatic heterocycles. The Bertz CT molecular complexity index is 986. The maximum atomic E-state index is 5.54. The number of rotatable bonds is 4. The summed E-state index contributed by atoms with van der Waals surface area (Å²) < 4.78 is 11.0. The molecule has 0 atom stereocenters. The van der Waals surface area contributed by atoms with Gasteiger partial charge in [-0.05, 0) is 43.2 Å². The highest BCUT2D eigenvalue weighted by Gasteiger charge is 2.09. The monoisotopic (exact) mass is 393 g/mol. The zero-order valence-electron chi connectivity index (χ0n) is 18.2. The van der Waals surface area contributed by atoms with Gasteiger partial charge in [0.25, 0.3) is 0 Å². The third kappa shape index (κ3) is 6.21. The van der Waals surface area contributed by atoms with E-state index in [2.05, 4.69) is 35.7 Å². The molecule has 0 saturated carbocycles. The SMILES string of the molecule is CC.CC(C)C.CCOc1cccc(-c2nc3ncc(-c4ccco4)cc3[nH]2)c1. The van der Waals surface area contributed by atoms with Crippen LogP contribution in [0.5, 0.6) is 5.75 Å². The summed E-state index contributed by atoms with van der Waals surface area (Å²) >= 11 is 0. The van der Waals surface area contributed by atoms with Gasteiger partial charge in [0.05, 0.1) is 18.4 Å². The van der Waals surface area contributed by atoms with Gasteiger partial charge >= 0.3 is 0 Å². The van der Waals surface area contributed by atoms with Gasteiger partial charge in [-0.1, -0.05) is 46.8 Å². The molecule has 1 N–H and O–H groups in total. The molecule has 5 nitrogen and oxygen atoms in total. The predicted molar refractivity (Wildman–Crippen MR) is 120 cm³/mol. The van der Waals surface area contributed by atoms with E-state index in [9.17, 15) is 0 Å². The molecule has 0 unspecified atom stereocenters. The molecule has 0 amide bonds. The van der Waals surface area contributed by atoms with Crippen LogP contribution in [-0.2, 0) is 0 Å². The average molecular weight is 394 g/mol. The van der Waals surface area contributed by atoms with Gasteiger partial charge in [-0.2, -0.15) is 0 Å². The molecule has 3 heterocycles. The first kappa shape index (κ1) is 22.2. The lowest BCUT2D eigenvalue weighted by molar-refractivity contribution is 0.340. The molecule has 29 heavy (non-hydrogen) atoms. The van der Waals surface area contributed by atoms with Crippen molar-refractivity contribution >= 4 is 11.2 Å². The minimum Gasteiger partial charge on any atom is -0.494 e. The average Bonchev–Trinajstić information content (AvgIpc) is 3.39. The van der Waals surface area contributed by atoms with E-state index < -0.39 is 0 Å². The van der Waals surface area contributed by atoms with Crippen LogP contribution >= 0.6 is 0 Å². The van der Waals surface area contributed by atoms with E-state index in [-0.39, 0.29) is 0 Å². The minimum absolute atomic E-state index is 0.637. The Morgan fingerprint density at radius 2 is 1.79 bits per heavy atom. The van der Waals surface area contributed by atoms with Gasteiger partial charge in [-0.15, -0.1) is 0 Å². The van der Waals surface area contributed by atoms with Gasteiger partial charge in [0.15, 0.2) is 5.65 Å². The number of imidazole rings is 1. The summed E-state index contributed by atoms with van der Waals surface area (Å²) in [4.78, 5) is 12.3. The second-order valence-electron chi connectivity index (χ2n) is 6.85. The molecule has 5 heteroatoms. The highest BCUT2D eigenvalue weighted by atomic mass is 16.5. The first-order chi connectivity index (χ1) is 14.1. The molecule has 0 fully saturated rings. The van der Waals surface area contributed by atoms with Crippen LogP contribution in [0.3, 0.4) is 0 Å². The molecule has 0 bridgehead atoms. The second kappa shape index (κ2) is 11.1. The van der Waals surface area contributed by atoms with Crippen molar-refractivity contribution in [1.29, 1.82) is 0 Å². The maximum absolute atomic E-state index is 5.54. The van der Waals surface area contributed by atoms with Crippen LogP contribution < -0.4 is 4.74 Å². The number of ether oxygens (including phenoxy) is 1. The predicted octanol–water partition coefficient (Wildman–Crippen LogP) is 6.97. The summed E-state index contributed by atoms with van der Waals surface area (Å²) in [6.07, 6.45) is 3.42. The zero-order valence-corrected chi connectivity index (χ0v) is 18.2. The summed E-state index contributed by atoms with van der Waals surface area (Å²) in [6.45, 7) is 13.1. The third-order valence-electron chi connectivity index (χ3n) is 3.56. The number of benzene rings is 1. The normalized spacial score (nSPS) is 10.2. The maximum Gasteiger partial charge on any atom is 0.178 e. The van der Waals surface area contributed by atoms with Crippen molar-refractivity contribution in [2.24, 2.45) is 5.92 Å². The van der Waals surface area contributed by atoms with Gasteiger partial charge in [0, 0.05) is 17.3 Å². The number of furan rings is 1. The Morgan fingerprint density at radius 3 is 2.45 bits per heavy atom. The van der Waals surface area contributed by atoms with Crippen molar-refractivity contribution in [3.63, 3.8) is 0 Å². The Balaban J connectivity index is 0.000000449. The van der Waals surface area contributed by atoms with Gasteiger partial charge in [-0.3, -0.25) is 0 Å². The van der Waals surface area contributed by atoms with Crippen LogP contribution in [0.4, 0.5) is 0 Å². The number of fused-ring (bicyclic) bond motifs is 1. The van der Waals surface area contributed by atoms with Crippen LogP contribution in [0.15, 0.2) is 59.3 Å². The van der Waals surface area contributed by atoms with E-state index in [1.807, 2.05) is 63.2 Å². The van der Waals surface area contributed by atoms with Crippen molar-refractivity contribution in [2.75, 3.05) is 6.61 Å². The summed E-state index contributed by atoms with van der Waals surface area (Å²) in [5.41, 5.74) is 3.43. The summed E-state index contributed by atoms with van der Waals surface area (Å²) in [5.74, 6) is 3.22. The topological polar surface area (TPSA) is 63.9 Å². The highest BCUT2D eigenvalue weighted by Crippen LogP contribution is 2.26. The number of aromatic amines is 1. The molecule has 0 spiro atoms. The number of aromatic nitrogens is 3. The lowest BCUT2D eigenvalue weighted by atomic mass is 10.2. The zero-order chi connectivity index (χ0) is 21.2. The molecular weight excluding hydrogens is 362 g/mol. The van der Waals surface area contributed by atoms with Crippen LogP contribution in [0.25, 0.3) is 33.9 Å².